The van der Waals surface area contributed by atoms with Gasteiger partial charge in [-0.05, 0) is 40.2 Å². The summed E-state index contributed by atoms with van der Waals surface area (Å²) in [4.78, 5) is 14.7. The van der Waals surface area contributed by atoms with E-state index in [0.717, 1.165) is 21.5 Å². The molecule has 3 aromatic rings. The summed E-state index contributed by atoms with van der Waals surface area (Å²) < 4.78 is 2.74. The van der Waals surface area contributed by atoms with Crippen molar-refractivity contribution in [1.29, 1.82) is 0 Å². The predicted molar refractivity (Wildman–Crippen MR) is 75.0 cm³/mol. The number of pyridine rings is 1. The second-order valence-corrected chi connectivity index (χ2v) is 4.74. The van der Waals surface area contributed by atoms with E-state index >= 15 is 0 Å². The number of nitrogens with zero attached hydrogens (tertiary/aromatic N) is 3. The average Bonchev–Trinajstić information content (AvgIpc) is 2.77. The second kappa shape index (κ2) is 4.47. The van der Waals surface area contributed by atoms with Crippen molar-refractivity contribution in [2.45, 2.75) is 0 Å². The van der Waals surface area contributed by atoms with Gasteiger partial charge in [0.15, 0.2) is 0 Å². The Kier molecular flexibility index (Phi) is 2.79. The van der Waals surface area contributed by atoms with Crippen molar-refractivity contribution in [2.75, 3.05) is 0 Å². The van der Waals surface area contributed by atoms with Crippen molar-refractivity contribution < 1.29 is 4.92 Å². The van der Waals surface area contributed by atoms with E-state index in [1.807, 2.05) is 28.8 Å². The monoisotopic (exact) mass is 317 g/mol. The molecule has 0 aliphatic carbocycles. The number of hydrogen-bond acceptors (Lipinski definition) is 3. The molecule has 0 saturated carbocycles. The van der Waals surface area contributed by atoms with Crippen LogP contribution in [0.3, 0.4) is 0 Å². The van der Waals surface area contributed by atoms with Crippen molar-refractivity contribution in [1.82, 2.24) is 9.38 Å². The number of hydrogen-bond donors (Lipinski definition) is 0. The molecule has 0 amide bonds. The van der Waals surface area contributed by atoms with Gasteiger partial charge in [0.1, 0.15) is 15.9 Å². The van der Waals surface area contributed by atoms with Crippen molar-refractivity contribution in [3.05, 3.63) is 63.4 Å². The highest BCUT2D eigenvalue weighted by Gasteiger charge is 2.12. The number of nitro groups is 1. The number of rotatable bonds is 2. The molecule has 0 unspecified atom stereocenters. The molecule has 0 saturated heterocycles. The van der Waals surface area contributed by atoms with Crippen LogP contribution in [0.25, 0.3) is 16.9 Å². The number of non-ortho nitro benzene ring substituents is 1. The summed E-state index contributed by atoms with van der Waals surface area (Å²) in [6.45, 7) is 0. The van der Waals surface area contributed by atoms with E-state index in [1.165, 1.54) is 12.1 Å². The molecule has 0 aliphatic rings. The molecule has 3 rings (SSSR count). The van der Waals surface area contributed by atoms with E-state index in [2.05, 4.69) is 20.9 Å². The molecule has 2 aromatic heterocycles. The molecule has 0 bridgehead atoms. The normalized spacial score (nSPS) is 10.8. The fraction of sp³-hybridized carbons (Fsp3) is 0. The van der Waals surface area contributed by atoms with Gasteiger partial charge in [0, 0.05) is 23.9 Å². The fourth-order valence-corrected chi connectivity index (χ4v) is 2.51. The van der Waals surface area contributed by atoms with Crippen LogP contribution in [0.1, 0.15) is 0 Å². The summed E-state index contributed by atoms with van der Waals surface area (Å²) in [5.74, 6) is 0. The summed E-state index contributed by atoms with van der Waals surface area (Å²) >= 11 is 3.50. The minimum absolute atomic E-state index is 0.0728. The molecule has 0 aliphatic heterocycles. The van der Waals surface area contributed by atoms with Gasteiger partial charge < -0.3 is 0 Å². The van der Waals surface area contributed by atoms with Crippen LogP contribution in [0.2, 0.25) is 0 Å². The van der Waals surface area contributed by atoms with Gasteiger partial charge in [-0.1, -0.05) is 6.07 Å². The summed E-state index contributed by atoms with van der Waals surface area (Å²) in [6, 6.07) is 12.1. The number of halogens is 1. The van der Waals surface area contributed by atoms with E-state index < -0.39 is 4.92 Å². The molecule has 94 valence electrons. The van der Waals surface area contributed by atoms with Gasteiger partial charge in [0.2, 0.25) is 0 Å². The zero-order valence-electron chi connectivity index (χ0n) is 9.65. The largest absolute Gasteiger partial charge is 0.294 e. The summed E-state index contributed by atoms with van der Waals surface area (Å²) in [5, 5.41) is 10.6. The van der Waals surface area contributed by atoms with Gasteiger partial charge in [-0.3, -0.25) is 14.5 Å². The SMILES string of the molecule is O=[N+]([O-])c1ccc(-c2nc3ccccn3c2Br)cc1. The van der Waals surface area contributed by atoms with Crippen molar-refractivity contribution >= 4 is 27.3 Å². The van der Waals surface area contributed by atoms with E-state index in [1.54, 1.807) is 12.1 Å². The van der Waals surface area contributed by atoms with Crippen molar-refractivity contribution in [3.8, 4) is 11.3 Å². The molecule has 1 aromatic carbocycles. The topological polar surface area (TPSA) is 60.4 Å². The summed E-state index contributed by atoms with van der Waals surface area (Å²) in [6.07, 6.45) is 1.90. The molecule has 0 radical (unpaired) electrons. The molecule has 6 heteroatoms. The lowest BCUT2D eigenvalue weighted by atomic mass is 10.1. The molecular weight excluding hydrogens is 310 g/mol. The zero-order chi connectivity index (χ0) is 13.4. The quantitative estimate of drug-likeness (QED) is 0.535. The Hall–Kier alpha value is -2.21. The lowest BCUT2D eigenvalue weighted by molar-refractivity contribution is -0.384. The Balaban J connectivity index is 2.13. The highest BCUT2D eigenvalue weighted by Crippen LogP contribution is 2.29. The fourth-order valence-electron chi connectivity index (χ4n) is 1.89. The number of nitro benzene ring substituents is 1. The molecule has 0 atom stereocenters. The standard InChI is InChI=1S/C13H8BrN3O2/c14-13-12(15-11-3-1-2-8-16(11)13)9-4-6-10(7-5-9)17(18)19/h1-8H. The van der Waals surface area contributed by atoms with Crippen molar-refractivity contribution in [2.24, 2.45) is 0 Å². The molecule has 0 N–H and O–H groups in total. The highest BCUT2D eigenvalue weighted by atomic mass is 79.9. The highest BCUT2D eigenvalue weighted by molar-refractivity contribution is 9.10. The first-order chi connectivity index (χ1) is 9.16. The van der Waals surface area contributed by atoms with Crippen LogP contribution < -0.4 is 0 Å². The molecule has 0 fully saturated rings. The van der Waals surface area contributed by atoms with E-state index in [0.29, 0.717) is 0 Å². The summed E-state index contributed by atoms with van der Waals surface area (Å²) in [7, 11) is 0. The first-order valence-electron chi connectivity index (χ1n) is 5.54. The van der Waals surface area contributed by atoms with E-state index in [9.17, 15) is 10.1 Å². The van der Waals surface area contributed by atoms with Crippen LogP contribution >= 0.6 is 15.9 Å². The minimum atomic E-state index is -0.414. The zero-order valence-corrected chi connectivity index (χ0v) is 11.2. The van der Waals surface area contributed by atoms with Gasteiger partial charge in [-0.2, -0.15) is 0 Å². The smallest absolute Gasteiger partial charge is 0.269 e. The Morgan fingerprint density at radius 3 is 2.53 bits per heavy atom. The Morgan fingerprint density at radius 1 is 1.16 bits per heavy atom. The number of imidazole rings is 1. The van der Waals surface area contributed by atoms with Crippen LogP contribution in [0, 0.1) is 10.1 Å². The molecule has 5 nitrogen and oxygen atoms in total. The summed E-state index contributed by atoms with van der Waals surface area (Å²) in [5.41, 5.74) is 2.49. The van der Waals surface area contributed by atoms with Crippen molar-refractivity contribution in [3.63, 3.8) is 0 Å². The molecular formula is C13H8BrN3O2. The Morgan fingerprint density at radius 2 is 1.89 bits per heavy atom. The predicted octanol–water partition coefficient (Wildman–Crippen LogP) is 3.67. The van der Waals surface area contributed by atoms with Gasteiger partial charge in [0.25, 0.3) is 5.69 Å². The number of aromatic nitrogens is 2. The molecule has 0 spiro atoms. The molecule has 2 heterocycles. The maximum Gasteiger partial charge on any atom is 0.269 e. The maximum atomic E-state index is 10.6. The third-order valence-corrected chi connectivity index (χ3v) is 3.58. The van der Waals surface area contributed by atoms with Gasteiger partial charge in [0.05, 0.1) is 4.92 Å². The average molecular weight is 318 g/mol. The first kappa shape index (κ1) is 11.9. The Bertz CT molecular complexity index is 765. The van der Waals surface area contributed by atoms with E-state index in [4.69, 9.17) is 0 Å². The van der Waals surface area contributed by atoms with Crippen LogP contribution in [-0.2, 0) is 0 Å². The second-order valence-electron chi connectivity index (χ2n) is 3.98. The lowest BCUT2D eigenvalue weighted by Gasteiger charge is -1.98. The van der Waals surface area contributed by atoms with Gasteiger partial charge in [-0.25, -0.2) is 4.98 Å². The third kappa shape index (κ3) is 2.00. The maximum absolute atomic E-state index is 10.6. The van der Waals surface area contributed by atoms with Crippen LogP contribution in [0.5, 0.6) is 0 Å². The van der Waals surface area contributed by atoms with Gasteiger partial charge in [-0.15, -0.1) is 0 Å². The number of fused-ring (bicyclic) bond motifs is 1. The lowest BCUT2D eigenvalue weighted by Crippen LogP contribution is -1.87. The van der Waals surface area contributed by atoms with Gasteiger partial charge >= 0.3 is 0 Å². The van der Waals surface area contributed by atoms with Crippen LogP contribution in [0.4, 0.5) is 5.69 Å². The Labute approximate surface area is 116 Å². The van der Waals surface area contributed by atoms with Crippen LogP contribution in [0.15, 0.2) is 53.3 Å². The van der Waals surface area contributed by atoms with Crippen LogP contribution in [-0.4, -0.2) is 14.3 Å². The minimum Gasteiger partial charge on any atom is -0.294 e. The van der Waals surface area contributed by atoms with E-state index in [-0.39, 0.29) is 5.69 Å². The molecule has 19 heavy (non-hydrogen) atoms. The third-order valence-electron chi connectivity index (χ3n) is 2.82. The first-order valence-corrected chi connectivity index (χ1v) is 6.33. The number of benzene rings is 1.